The number of fused-ring (bicyclic) bond motifs is 3. The van der Waals surface area contributed by atoms with Crippen molar-refractivity contribution in [3.05, 3.63) is 29.3 Å². The third-order valence-corrected chi connectivity index (χ3v) is 8.13. The van der Waals surface area contributed by atoms with E-state index in [-0.39, 0.29) is 29.8 Å². The average Bonchev–Trinajstić information content (AvgIpc) is 2.80. The minimum Gasteiger partial charge on any atom is -0.507 e. The second-order valence-electron chi connectivity index (χ2n) is 10.4. The Bertz CT molecular complexity index is 1220. The summed E-state index contributed by atoms with van der Waals surface area (Å²) in [5.74, 6) is -14.5. The zero-order valence-corrected chi connectivity index (χ0v) is 20.7. The Morgan fingerprint density at radius 3 is 2.32 bits per heavy atom. The van der Waals surface area contributed by atoms with Crippen molar-refractivity contribution >= 4 is 34.8 Å². The van der Waals surface area contributed by atoms with Crippen LogP contribution in [0.15, 0.2) is 18.2 Å². The molecule has 2 saturated carbocycles. The lowest BCUT2D eigenvalue weighted by molar-refractivity contribution is -0.197. The fourth-order valence-corrected chi connectivity index (χ4v) is 6.64. The van der Waals surface area contributed by atoms with Crippen molar-refractivity contribution in [2.45, 2.75) is 49.9 Å². The van der Waals surface area contributed by atoms with Crippen LogP contribution in [0.3, 0.4) is 0 Å². The summed E-state index contributed by atoms with van der Waals surface area (Å²) in [5.41, 5.74) is 2.26. The van der Waals surface area contributed by atoms with Crippen LogP contribution in [-0.4, -0.2) is 86.9 Å². The van der Waals surface area contributed by atoms with Crippen LogP contribution in [0.25, 0.3) is 0 Å². The lowest BCUT2D eigenvalue weighted by atomic mass is 9.49. The highest BCUT2D eigenvalue weighted by molar-refractivity contribution is 6.32. The van der Waals surface area contributed by atoms with Crippen LogP contribution in [0.5, 0.6) is 5.75 Å². The molecule has 37 heavy (non-hydrogen) atoms. The molecule has 0 aliphatic heterocycles. The van der Waals surface area contributed by atoms with E-state index in [1.165, 1.54) is 37.2 Å². The van der Waals surface area contributed by atoms with Crippen LogP contribution >= 0.6 is 0 Å². The zero-order valence-electron chi connectivity index (χ0n) is 20.7. The maximum atomic E-state index is 14.0. The van der Waals surface area contributed by atoms with Crippen LogP contribution in [0.2, 0.25) is 0 Å². The largest absolute Gasteiger partial charge is 0.507 e. The summed E-state index contributed by atoms with van der Waals surface area (Å²) in [7, 11) is 2.84. The number of rotatable bonds is 6. The zero-order chi connectivity index (χ0) is 27.6. The number of nitrogens with two attached hydrogens (primary N) is 1. The molecule has 3 aliphatic carbocycles. The fraction of sp³-hybridized carbons (Fsp3) is 0.538. The van der Waals surface area contributed by atoms with Gasteiger partial charge in [0.05, 0.1) is 29.5 Å². The normalized spacial score (nSPS) is 35.1. The second kappa shape index (κ2) is 9.23. The van der Waals surface area contributed by atoms with Crippen LogP contribution in [-0.2, 0) is 24.0 Å². The molecule has 1 amide bonds. The van der Waals surface area contributed by atoms with Crippen molar-refractivity contribution < 1.29 is 44.1 Å². The summed E-state index contributed by atoms with van der Waals surface area (Å²) in [5, 5.41) is 33.9. The van der Waals surface area contributed by atoms with E-state index in [2.05, 4.69) is 0 Å². The van der Waals surface area contributed by atoms with Gasteiger partial charge in [-0.1, -0.05) is 19.1 Å². The van der Waals surface area contributed by atoms with E-state index in [0.717, 1.165) is 0 Å². The van der Waals surface area contributed by atoms with E-state index in [9.17, 15) is 44.1 Å². The molecule has 1 aromatic rings. The number of aliphatic hydroxyl groups is 2. The van der Waals surface area contributed by atoms with Crippen molar-refractivity contribution in [1.29, 1.82) is 0 Å². The summed E-state index contributed by atoms with van der Waals surface area (Å²) < 4.78 is 0. The number of amides is 1. The van der Waals surface area contributed by atoms with Gasteiger partial charge in [0, 0.05) is 18.8 Å². The number of phenolic OH excluding ortho intramolecular Hbond substituents is 1. The number of aromatic hydroxyl groups is 1. The average molecular weight is 515 g/mol. The number of ketones is 5. The fourth-order valence-electron chi connectivity index (χ4n) is 6.64. The van der Waals surface area contributed by atoms with E-state index in [4.69, 9.17) is 5.73 Å². The van der Waals surface area contributed by atoms with Gasteiger partial charge >= 0.3 is 0 Å². The molecular formula is C26H30N2O9. The van der Waals surface area contributed by atoms with Crippen molar-refractivity contribution in [1.82, 2.24) is 4.90 Å². The summed E-state index contributed by atoms with van der Waals surface area (Å²) in [4.78, 5) is 80.3. The van der Waals surface area contributed by atoms with Gasteiger partial charge in [-0.3, -0.25) is 33.7 Å². The molecule has 2 unspecified atom stereocenters. The van der Waals surface area contributed by atoms with Gasteiger partial charge in [0.25, 0.3) is 0 Å². The molecule has 0 saturated heterocycles. The summed E-state index contributed by atoms with van der Waals surface area (Å²) in [6, 6.07) is 2.76. The molecule has 0 aromatic heterocycles. The second-order valence-corrected chi connectivity index (χ2v) is 10.4. The topological polar surface area (TPSA) is 192 Å². The number of hydrogen-bond acceptors (Lipinski definition) is 10. The minimum absolute atomic E-state index is 0.174. The Balaban J connectivity index is 1.97. The van der Waals surface area contributed by atoms with Crippen LogP contribution in [0.1, 0.15) is 48.0 Å². The van der Waals surface area contributed by atoms with Gasteiger partial charge in [-0.25, -0.2) is 0 Å². The summed E-state index contributed by atoms with van der Waals surface area (Å²) >= 11 is 0. The standard InChI is InChI=1S/C26H30N2O9/c1-4-6-10(29)9-12-11-7-5-8-13(30)14(11)20(31)16-15(12)21(32)18-19(28(2)3)22(33)17(25(27)36)24(35)26(18,37)23(16)34/h5,7-8,12,15-19,21,30,32,37H,4,6,9H2,1-3H3,(H2,27,36)/t12-,15+,16?,17?,18+,19-,21-,26-/m1/s1. The molecule has 0 bridgehead atoms. The number of carbonyl (C=O) groups is 6. The first-order chi connectivity index (χ1) is 17.3. The van der Waals surface area contributed by atoms with Crippen molar-refractivity contribution in [3.8, 4) is 5.75 Å². The van der Waals surface area contributed by atoms with Crippen LogP contribution in [0.4, 0.5) is 0 Å². The van der Waals surface area contributed by atoms with Gasteiger partial charge in [0.1, 0.15) is 11.5 Å². The molecule has 1 aromatic carbocycles. The molecular weight excluding hydrogens is 484 g/mol. The lowest BCUT2D eigenvalue weighted by Crippen LogP contribution is -2.77. The first kappa shape index (κ1) is 26.8. The highest BCUT2D eigenvalue weighted by Gasteiger charge is 2.73. The Kier molecular flexibility index (Phi) is 6.68. The Morgan fingerprint density at radius 1 is 1.11 bits per heavy atom. The van der Waals surface area contributed by atoms with Crippen molar-refractivity contribution in [2.24, 2.45) is 29.4 Å². The highest BCUT2D eigenvalue weighted by Crippen LogP contribution is 2.55. The maximum absolute atomic E-state index is 14.0. The maximum Gasteiger partial charge on any atom is 0.235 e. The molecule has 5 N–H and O–H groups in total. The predicted octanol–water partition coefficient (Wildman–Crippen LogP) is -0.862. The monoisotopic (exact) mass is 514 g/mol. The quantitative estimate of drug-likeness (QED) is 0.347. The molecule has 3 aliphatic rings. The molecule has 198 valence electrons. The van der Waals surface area contributed by atoms with Gasteiger partial charge < -0.3 is 21.1 Å². The van der Waals surface area contributed by atoms with E-state index in [0.29, 0.717) is 6.42 Å². The van der Waals surface area contributed by atoms with Gasteiger partial charge in [-0.2, -0.15) is 0 Å². The summed E-state index contributed by atoms with van der Waals surface area (Å²) in [6.45, 7) is 1.81. The van der Waals surface area contributed by atoms with Gasteiger partial charge in [0.15, 0.2) is 34.7 Å². The number of Topliss-reactive ketones (excluding diaryl/α,β-unsaturated/α-hetero) is 5. The van der Waals surface area contributed by atoms with Crippen LogP contribution in [0, 0.1) is 23.7 Å². The number of likely N-dealkylation sites (N-methyl/N-ethyl adjacent to an activating group) is 1. The van der Waals surface area contributed by atoms with E-state index < -0.39 is 82.1 Å². The predicted molar refractivity (Wildman–Crippen MR) is 126 cm³/mol. The Morgan fingerprint density at radius 2 is 1.76 bits per heavy atom. The molecule has 11 heteroatoms. The molecule has 0 heterocycles. The smallest absolute Gasteiger partial charge is 0.235 e. The van der Waals surface area contributed by atoms with Crippen molar-refractivity contribution in [2.75, 3.05) is 14.1 Å². The van der Waals surface area contributed by atoms with Gasteiger partial charge in [-0.05, 0) is 38.1 Å². The van der Waals surface area contributed by atoms with Crippen molar-refractivity contribution in [3.63, 3.8) is 0 Å². The van der Waals surface area contributed by atoms with E-state index in [1.807, 2.05) is 0 Å². The lowest BCUT2D eigenvalue weighted by Gasteiger charge is -2.56. The molecule has 0 spiro atoms. The third-order valence-electron chi connectivity index (χ3n) is 8.13. The first-order valence-corrected chi connectivity index (χ1v) is 12.2. The number of carbonyl (C=O) groups excluding carboxylic acids is 6. The minimum atomic E-state index is -3.07. The molecule has 4 rings (SSSR count). The number of nitrogens with zero attached hydrogens (tertiary/aromatic N) is 1. The highest BCUT2D eigenvalue weighted by atomic mass is 16.3. The Hall–Kier alpha value is -3.28. The molecule has 8 atom stereocenters. The number of phenols is 1. The Labute approximate surface area is 212 Å². The van der Waals surface area contributed by atoms with Gasteiger partial charge in [0.2, 0.25) is 5.91 Å². The first-order valence-electron chi connectivity index (χ1n) is 12.2. The van der Waals surface area contributed by atoms with E-state index >= 15 is 0 Å². The number of primary amides is 1. The number of aliphatic hydroxyl groups excluding tert-OH is 1. The SMILES string of the molecule is CCCC(=O)C[C@@H]1c2cccc(O)c2C(=O)C2C(=O)[C@@]3(O)C(=O)C(C(N)=O)C(=O)[C@H](N(C)C)[C@H]3[C@H](O)[C@H]21. The number of benzene rings is 1. The van der Waals surface area contributed by atoms with E-state index in [1.54, 1.807) is 6.92 Å². The van der Waals surface area contributed by atoms with Crippen LogP contribution < -0.4 is 5.73 Å². The third kappa shape index (κ3) is 3.67. The van der Waals surface area contributed by atoms with Gasteiger partial charge in [-0.15, -0.1) is 0 Å². The summed E-state index contributed by atoms with van der Waals surface area (Å²) in [6.07, 6.45) is -1.21. The number of hydrogen-bond donors (Lipinski definition) is 4. The molecule has 2 fully saturated rings. The molecule has 0 radical (unpaired) electrons. The molecule has 11 nitrogen and oxygen atoms in total.